The zero-order valence-electron chi connectivity index (χ0n) is 8.48. The molecule has 3 heteroatoms. The van der Waals surface area contributed by atoms with Crippen molar-refractivity contribution >= 4 is 0 Å². The van der Waals surface area contributed by atoms with Gasteiger partial charge in [-0.05, 0) is 42.5 Å². The Hall–Kier alpha value is -1.37. The maximum Gasteiger partial charge on any atom is 0.0991 e. The summed E-state index contributed by atoms with van der Waals surface area (Å²) in [5, 5.41) is 18.6. The molecule has 0 unspecified atom stereocenters. The van der Waals surface area contributed by atoms with Crippen LogP contribution in [0.3, 0.4) is 0 Å². The number of hydrogen-bond acceptors (Lipinski definition) is 3. The van der Waals surface area contributed by atoms with Crippen LogP contribution in [0, 0.1) is 11.3 Å². The van der Waals surface area contributed by atoms with Crippen LogP contribution in [0.2, 0.25) is 0 Å². The van der Waals surface area contributed by atoms with E-state index in [0.717, 1.165) is 30.4 Å². The molecule has 3 nitrogen and oxygen atoms in total. The summed E-state index contributed by atoms with van der Waals surface area (Å²) in [4.78, 5) is 0. The first-order valence-corrected chi connectivity index (χ1v) is 5.19. The van der Waals surface area contributed by atoms with Crippen LogP contribution in [0.1, 0.15) is 35.6 Å². The molecule has 0 heterocycles. The van der Waals surface area contributed by atoms with Gasteiger partial charge in [0.25, 0.3) is 0 Å². The summed E-state index contributed by atoms with van der Waals surface area (Å²) in [6, 6.07) is 7.30. The number of hydrogen-bond donors (Lipinski definition) is 2. The van der Waals surface area contributed by atoms with Crippen molar-refractivity contribution in [3.05, 3.63) is 34.9 Å². The molecule has 0 saturated heterocycles. The average molecular weight is 202 g/mol. The standard InChI is InChI=1S/C12H14N2O/c13-7-8-4-5-9-2-1-3-11(15)12(14)10(9)6-8/h4-6,11-12,15H,1-3,14H2/t11-,12-/m1/s1. The predicted octanol–water partition coefficient (Wildman–Crippen LogP) is 1.26. The highest BCUT2D eigenvalue weighted by atomic mass is 16.3. The van der Waals surface area contributed by atoms with Crippen molar-refractivity contribution in [1.82, 2.24) is 0 Å². The minimum atomic E-state index is -0.486. The third-order valence-electron chi connectivity index (χ3n) is 2.99. The van der Waals surface area contributed by atoms with Gasteiger partial charge in [0, 0.05) is 0 Å². The molecule has 0 fully saturated rings. The zero-order valence-corrected chi connectivity index (χ0v) is 8.48. The average Bonchev–Trinajstić information content (AvgIpc) is 2.40. The number of fused-ring (bicyclic) bond motifs is 1. The van der Waals surface area contributed by atoms with Gasteiger partial charge in [-0.15, -0.1) is 0 Å². The molecule has 0 spiro atoms. The smallest absolute Gasteiger partial charge is 0.0991 e. The number of nitriles is 1. The molecule has 0 bridgehead atoms. The van der Waals surface area contributed by atoms with E-state index in [2.05, 4.69) is 6.07 Å². The van der Waals surface area contributed by atoms with Gasteiger partial charge in [0.2, 0.25) is 0 Å². The van der Waals surface area contributed by atoms with Crippen molar-refractivity contribution in [2.24, 2.45) is 5.73 Å². The molecule has 15 heavy (non-hydrogen) atoms. The Morgan fingerprint density at radius 3 is 3.00 bits per heavy atom. The lowest BCUT2D eigenvalue weighted by atomic mass is 9.96. The summed E-state index contributed by atoms with van der Waals surface area (Å²) < 4.78 is 0. The van der Waals surface area contributed by atoms with Crippen LogP contribution >= 0.6 is 0 Å². The van der Waals surface area contributed by atoms with E-state index in [1.165, 1.54) is 0 Å². The Morgan fingerprint density at radius 2 is 2.27 bits per heavy atom. The van der Waals surface area contributed by atoms with Crippen molar-refractivity contribution in [3.8, 4) is 6.07 Å². The van der Waals surface area contributed by atoms with Crippen LogP contribution in [0.5, 0.6) is 0 Å². The Labute approximate surface area is 89.1 Å². The summed E-state index contributed by atoms with van der Waals surface area (Å²) in [6.07, 6.45) is 2.14. The Kier molecular flexibility index (Phi) is 2.72. The normalized spacial score (nSPS) is 25.1. The number of benzene rings is 1. The summed E-state index contributed by atoms with van der Waals surface area (Å²) >= 11 is 0. The van der Waals surface area contributed by atoms with E-state index in [9.17, 15) is 5.11 Å². The van der Waals surface area contributed by atoms with Crippen molar-refractivity contribution in [3.63, 3.8) is 0 Å². The molecular formula is C12H14N2O. The third kappa shape index (κ3) is 1.87. The Morgan fingerprint density at radius 1 is 1.47 bits per heavy atom. The molecule has 1 aromatic rings. The molecule has 1 aliphatic carbocycles. The van der Waals surface area contributed by atoms with Gasteiger partial charge in [0.05, 0.1) is 23.8 Å². The molecule has 78 valence electrons. The van der Waals surface area contributed by atoms with Crippen LogP contribution in [0.4, 0.5) is 0 Å². The van der Waals surface area contributed by atoms with Crippen LogP contribution in [-0.4, -0.2) is 11.2 Å². The number of nitrogens with two attached hydrogens (primary N) is 1. The van der Waals surface area contributed by atoms with Crippen molar-refractivity contribution in [2.75, 3.05) is 0 Å². The largest absolute Gasteiger partial charge is 0.391 e. The summed E-state index contributed by atoms with van der Waals surface area (Å²) in [7, 11) is 0. The molecule has 0 saturated carbocycles. The highest BCUT2D eigenvalue weighted by Crippen LogP contribution is 2.27. The fourth-order valence-corrected chi connectivity index (χ4v) is 2.09. The van der Waals surface area contributed by atoms with Gasteiger partial charge in [-0.1, -0.05) is 6.07 Å². The monoisotopic (exact) mass is 202 g/mol. The molecule has 0 aliphatic heterocycles. The molecule has 1 aliphatic rings. The van der Waals surface area contributed by atoms with Gasteiger partial charge in [-0.2, -0.15) is 5.26 Å². The number of nitrogens with zero attached hydrogens (tertiary/aromatic N) is 1. The maximum absolute atomic E-state index is 9.76. The lowest BCUT2D eigenvalue weighted by Crippen LogP contribution is -2.25. The second kappa shape index (κ2) is 4.01. The number of rotatable bonds is 0. The fourth-order valence-electron chi connectivity index (χ4n) is 2.09. The summed E-state index contributed by atoms with van der Waals surface area (Å²) in [6.45, 7) is 0. The second-order valence-electron chi connectivity index (χ2n) is 4.01. The van der Waals surface area contributed by atoms with Crippen LogP contribution in [0.15, 0.2) is 18.2 Å². The summed E-state index contributed by atoms with van der Waals surface area (Å²) in [5.41, 5.74) is 8.66. The molecule has 0 radical (unpaired) electrons. The number of aliphatic hydroxyl groups is 1. The first kappa shape index (κ1) is 10.2. The highest BCUT2D eigenvalue weighted by molar-refractivity contribution is 5.40. The first-order chi connectivity index (χ1) is 7.22. The highest BCUT2D eigenvalue weighted by Gasteiger charge is 2.22. The first-order valence-electron chi connectivity index (χ1n) is 5.19. The third-order valence-corrected chi connectivity index (χ3v) is 2.99. The Bertz CT molecular complexity index is 409. The molecule has 1 aromatic carbocycles. The lowest BCUT2D eigenvalue weighted by Gasteiger charge is -2.17. The minimum absolute atomic E-state index is 0.351. The molecule has 0 aromatic heterocycles. The van der Waals surface area contributed by atoms with E-state index >= 15 is 0 Å². The summed E-state index contributed by atoms with van der Waals surface area (Å²) in [5.74, 6) is 0. The van der Waals surface area contributed by atoms with Crippen LogP contribution in [0.25, 0.3) is 0 Å². The zero-order chi connectivity index (χ0) is 10.8. The predicted molar refractivity (Wildman–Crippen MR) is 57.0 cm³/mol. The number of aliphatic hydroxyl groups excluding tert-OH is 1. The lowest BCUT2D eigenvalue weighted by molar-refractivity contribution is 0.136. The van der Waals surface area contributed by atoms with Gasteiger partial charge in [-0.3, -0.25) is 0 Å². The van der Waals surface area contributed by atoms with E-state index in [1.54, 1.807) is 6.07 Å². The van der Waals surface area contributed by atoms with Crippen molar-refractivity contribution in [1.29, 1.82) is 5.26 Å². The van der Waals surface area contributed by atoms with Gasteiger partial charge >= 0.3 is 0 Å². The van der Waals surface area contributed by atoms with Gasteiger partial charge in [0.15, 0.2) is 0 Å². The Balaban J connectivity index is 2.47. The molecular weight excluding hydrogens is 188 g/mol. The van der Waals surface area contributed by atoms with Gasteiger partial charge in [0.1, 0.15) is 0 Å². The minimum Gasteiger partial charge on any atom is -0.391 e. The van der Waals surface area contributed by atoms with E-state index in [4.69, 9.17) is 11.0 Å². The topological polar surface area (TPSA) is 70.0 Å². The van der Waals surface area contributed by atoms with E-state index in [0.29, 0.717) is 5.56 Å². The SMILES string of the molecule is N#Cc1ccc2c(c1)[C@@H](N)[C@H](O)CCC2. The van der Waals surface area contributed by atoms with E-state index in [1.807, 2.05) is 12.1 Å². The second-order valence-corrected chi connectivity index (χ2v) is 4.01. The maximum atomic E-state index is 9.76. The molecule has 2 rings (SSSR count). The van der Waals surface area contributed by atoms with Crippen molar-refractivity contribution < 1.29 is 5.11 Å². The molecule has 2 atom stereocenters. The van der Waals surface area contributed by atoms with Gasteiger partial charge < -0.3 is 10.8 Å². The number of aryl methyl sites for hydroxylation is 1. The molecule has 3 N–H and O–H groups in total. The quantitative estimate of drug-likeness (QED) is 0.622. The fraction of sp³-hybridized carbons (Fsp3) is 0.417. The molecule has 0 amide bonds. The van der Waals surface area contributed by atoms with E-state index in [-0.39, 0.29) is 6.04 Å². The van der Waals surface area contributed by atoms with E-state index < -0.39 is 6.10 Å². The van der Waals surface area contributed by atoms with Crippen LogP contribution in [-0.2, 0) is 6.42 Å². The van der Waals surface area contributed by atoms with Crippen LogP contribution < -0.4 is 5.73 Å². The van der Waals surface area contributed by atoms with Crippen molar-refractivity contribution in [2.45, 2.75) is 31.4 Å². The van der Waals surface area contributed by atoms with Gasteiger partial charge in [-0.25, -0.2) is 0 Å².